The monoisotopic (exact) mass is 398 g/mol. The Labute approximate surface area is 163 Å². The summed E-state index contributed by atoms with van der Waals surface area (Å²) in [5.41, 5.74) is 0.846. The van der Waals surface area contributed by atoms with Gasteiger partial charge in [0.1, 0.15) is 23.4 Å². The molecule has 1 aliphatic rings. The molecule has 2 aromatic heterocycles. The van der Waals surface area contributed by atoms with Gasteiger partial charge in [-0.05, 0) is 50.2 Å². The molecule has 1 atom stereocenters. The third-order valence-electron chi connectivity index (χ3n) is 4.60. The summed E-state index contributed by atoms with van der Waals surface area (Å²) in [6.07, 6.45) is 1.42. The average molecular weight is 398 g/mol. The Morgan fingerprint density at radius 2 is 1.93 bits per heavy atom. The van der Waals surface area contributed by atoms with Gasteiger partial charge in [-0.25, -0.2) is 9.37 Å². The summed E-state index contributed by atoms with van der Waals surface area (Å²) in [7, 11) is 0. The first-order chi connectivity index (χ1) is 13.4. The number of anilines is 1. The molecule has 3 aromatic rings. The van der Waals surface area contributed by atoms with Crippen LogP contribution in [0, 0.1) is 19.7 Å². The maximum atomic E-state index is 13.2. The molecule has 28 heavy (non-hydrogen) atoms. The van der Waals surface area contributed by atoms with Crippen molar-refractivity contribution in [3.63, 3.8) is 0 Å². The summed E-state index contributed by atoms with van der Waals surface area (Å²) >= 11 is 1.28. The Hall–Kier alpha value is -3.26. The van der Waals surface area contributed by atoms with Crippen molar-refractivity contribution in [2.75, 3.05) is 4.90 Å². The van der Waals surface area contributed by atoms with E-state index in [4.69, 9.17) is 4.42 Å². The molecular weight excluding hydrogens is 383 g/mol. The highest BCUT2D eigenvalue weighted by molar-refractivity contribution is 7.16. The largest absolute Gasteiger partial charge is 0.507 e. The van der Waals surface area contributed by atoms with E-state index in [1.807, 2.05) is 13.8 Å². The van der Waals surface area contributed by atoms with Crippen LogP contribution in [0.4, 0.5) is 9.52 Å². The molecule has 142 valence electrons. The number of aliphatic hydroxyl groups excluding tert-OH is 1. The van der Waals surface area contributed by atoms with Crippen LogP contribution in [0.5, 0.6) is 0 Å². The standard InChI is InChI=1S/C20H15FN2O4S/c1-10-11(2)28-20(22-10)23-16(14-4-3-9-27-14)15(18(25)19(23)26)17(24)12-5-7-13(21)8-6-12/h3-9,16,24H,1-2H3/b17-15+/t16-/m1/s1. The molecule has 0 aliphatic carbocycles. The first kappa shape index (κ1) is 18.1. The van der Waals surface area contributed by atoms with E-state index in [0.29, 0.717) is 10.9 Å². The number of rotatable bonds is 3. The van der Waals surface area contributed by atoms with Gasteiger partial charge in [0.15, 0.2) is 5.13 Å². The summed E-state index contributed by atoms with van der Waals surface area (Å²) in [6.45, 7) is 3.68. The van der Waals surface area contributed by atoms with Crippen molar-refractivity contribution in [2.45, 2.75) is 19.9 Å². The minimum Gasteiger partial charge on any atom is -0.507 e. The fourth-order valence-corrected chi connectivity index (χ4v) is 4.00. The molecule has 1 aromatic carbocycles. The van der Waals surface area contributed by atoms with Crippen LogP contribution in [0.2, 0.25) is 0 Å². The second kappa shape index (κ2) is 6.72. The number of carbonyl (C=O) groups excluding carboxylic acids is 2. The van der Waals surface area contributed by atoms with Gasteiger partial charge in [-0.3, -0.25) is 14.5 Å². The third-order valence-corrected chi connectivity index (χ3v) is 5.67. The number of ketones is 1. The number of aryl methyl sites for hydroxylation is 2. The number of halogens is 1. The Kier molecular flexibility index (Phi) is 4.35. The van der Waals surface area contributed by atoms with Crippen LogP contribution in [0.25, 0.3) is 5.76 Å². The smallest absolute Gasteiger partial charge is 0.302 e. The maximum absolute atomic E-state index is 13.2. The van der Waals surface area contributed by atoms with Crippen molar-refractivity contribution in [1.29, 1.82) is 0 Å². The van der Waals surface area contributed by atoms with Crippen LogP contribution < -0.4 is 4.90 Å². The number of hydrogen-bond donors (Lipinski definition) is 1. The Bertz CT molecular complexity index is 1080. The number of aromatic nitrogens is 1. The number of carbonyl (C=O) groups is 2. The van der Waals surface area contributed by atoms with E-state index in [2.05, 4.69) is 4.98 Å². The average Bonchev–Trinajstić information content (AvgIpc) is 3.36. The highest BCUT2D eigenvalue weighted by atomic mass is 32.1. The van der Waals surface area contributed by atoms with Gasteiger partial charge >= 0.3 is 5.91 Å². The maximum Gasteiger partial charge on any atom is 0.302 e. The number of nitrogens with zero attached hydrogens (tertiary/aromatic N) is 2. The van der Waals surface area contributed by atoms with Crippen molar-refractivity contribution < 1.29 is 23.5 Å². The topological polar surface area (TPSA) is 83.6 Å². The first-order valence-electron chi connectivity index (χ1n) is 8.43. The predicted octanol–water partition coefficient (Wildman–Crippen LogP) is 4.12. The second-order valence-corrected chi connectivity index (χ2v) is 7.51. The van der Waals surface area contributed by atoms with Crippen LogP contribution in [-0.4, -0.2) is 21.8 Å². The van der Waals surface area contributed by atoms with Gasteiger partial charge in [0, 0.05) is 10.4 Å². The van der Waals surface area contributed by atoms with Crippen molar-refractivity contribution in [3.8, 4) is 0 Å². The van der Waals surface area contributed by atoms with Gasteiger partial charge in [-0.2, -0.15) is 0 Å². The lowest BCUT2D eigenvalue weighted by Gasteiger charge is -2.20. The van der Waals surface area contributed by atoms with Crippen LogP contribution in [0.3, 0.4) is 0 Å². The molecule has 1 aliphatic heterocycles. The highest BCUT2D eigenvalue weighted by Crippen LogP contribution is 2.43. The molecule has 3 heterocycles. The number of hydrogen-bond acceptors (Lipinski definition) is 6. The number of amides is 1. The molecule has 0 saturated carbocycles. The SMILES string of the molecule is Cc1nc(N2C(=O)C(=O)/C(=C(/O)c3ccc(F)cc3)[C@H]2c2ccco2)sc1C. The number of thiazole rings is 1. The van der Waals surface area contributed by atoms with E-state index < -0.39 is 29.3 Å². The molecule has 1 fully saturated rings. The minimum absolute atomic E-state index is 0.128. The van der Waals surface area contributed by atoms with E-state index in [1.165, 1.54) is 46.8 Å². The van der Waals surface area contributed by atoms with Crippen molar-refractivity contribution >= 4 is 33.9 Å². The zero-order valence-corrected chi connectivity index (χ0v) is 15.8. The zero-order chi connectivity index (χ0) is 20.0. The van der Waals surface area contributed by atoms with E-state index in [-0.39, 0.29) is 11.1 Å². The molecule has 4 rings (SSSR count). The van der Waals surface area contributed by atoms with Gasteiger partial charge in [-0.15, -0.1) is 11.3 Å². The molecule has 0 radical (unpaired) electrons. The van der Waals surface area contributed by atoms with Crippen LogP contribution in [-0.2, 0) is 9.59 Å². The molecule has 0 spiro atoms. The molecule has 1 saturated heterocycles. The van der Waals surface area contributed by atoms with Gasteiger partial charge in [0.2, 0.25) is 0 Å². The van der Waals surface area contributed by atoms with Crippen molar-refractivity contribution in [1.82, 2.24) is 4.98 Å². The van der Waals surface area contributed by atoms with Crippen molar-refractivity contribution in [2.24, 2.45) is 0 Å². The Morgan fingerprint density at radius 3 is 2.50 bits per heavy atom. The first-order valence-corrected chi connectivity index (χ1v) is 9.24. The lowest BCUT2D eigenvalue weighted by atomic mass is 9.99. The Balaban J connectivity index is 1.92. The second-order valence-electron chi connectivity index (χ2n) is 6.33. The normalized spacial score (nSPS) is 18.8. The number of Topliss-reactive ketones (excluding diaryl/α,β-unsaturated/α-hetero) is 1. The van der Waals surface area contributed by atoms with E-state index in [1.54, 1.807) is 12.1 Å². The van der Waals surface area contributed by atoms with Gasteiger partial charge in [0.25, 0.3) is 5.78 Å². The molecule has 8 heteroatoms. The van der Waals surface area contributed by atoms with Gasteiger partial charge in [-0.1, -0.05) is 0 Å². The Morgan fingerprint density at radius 1 is 1.21 bits per heavy atom. The highest BCUT2D eigenvalue weighted by Gasteiger charge is 2.49. The van der Waals surface area contributed by atoms with E-state index >= 15 is 0 Å². The van der Waals surface area contributed by atoms with E-state index in [9.17, 15) is 19.1 Å². The fraction of sp³-hybridized carbons (Fsp3) is 0.150. The molecule has 6 nitrogen and oxygen atoms in total. The molecular formula is C20H15FN2O4S. The number of aliphatic hydroxyl groups is 1. The van der Waals surface area contributed by atoms with Gasteiger partial charge < -0.3 is 9.52 Å². The zero-order valence-electron chi connectivity index (χ0n) is 15.0. The molecule has 0 unspecified atom stereocenters. The summed E-state index contributed by atoms with van der Waals surface area (Å²) in [6, 6.07) is 7.30. The summed E-state index contributed by atoms with van der Waals surface area (Å²) in [4.78, 5) is 32.2. The van der Waals surface area contributed by atoms with Gasteiger partial charge in [0.05, 0.1) is 17.5 Å². The molecule has 0 bridgehead atoms. The lowest BCUT2D eigenvalue weighted by Crippen LogP contribution is -2.29. The van der Waals surface area contributed by atoms with Crippen LogP contribution >= 0.6 is 11.3 Å². The van der Waals surface area contributed by atoms with E-state index in [0.717, 1.165) is 10.6 Å². The predicted molar refractivity (Wildman–Crippen MR) is 101 cm³/mol. The summed E-state index contributed by atoms with van der Waals surface area (Å²) in [5, 5.41) is 11.1. The third kappa shape index (κ3) is 2.82. The summed E-state index contributed by atoms with van der Waals surface area (Å²) in [5.74, 6) is -2.22. The van der Waals surface area contributed by atoms with Crippen molar-refractivity contribution in [3.05, 3.63) is 75.9 Å². The summed E-state index contributed by atoms with van der Waals surface area (Å²) < 4.78 is 18.7. The van der Waals surface area contributed by atoms with Crippen LogP contribution in [0.1, 0.15) is 27.9 Å². The molecule has 1 N–H and O–H groups in total. The lowest BCUT2D eigenvalue weighted by molar-refractivity contribution is -0.132. The van der Waals surface area contributed by atoms with Crippen LogP contribution in [0.15, 0.2) is 52.7 Å². The quantitative estimate of drug-likeness (QED) is 0.408. The molecule has 1 amide bonds. The minimum atomic E-state index is -0.968. The number of benzene rings is 1. The fourth-order valence-electron chi connectivity index (χ4n) is 3.07. The number of furan rings is 1.